The lowest BCUT2D eigenvalue weighted by Crippen LogP contribution is -2.52. The van der Waals surface area contributed by atoms with Gasteiger partial charge in [0.1, 0.15) is 0 Å². The van der Waals surface area contributed by atoms with Crippen molar-refractivity contribution in [1.82, 2.24) is 15.1 Å². The summed E-state index contributed by atoms with van der Waals surface area (Å²) in [5.41, 5.74) is 2.62. The number of urea groups is 1. The molecule has 2 saturated heterocycles. The fraction of sp³-hybridized carbons (Fsp3) is 0.650. The highest BCUT2D eigenvalue weighted by Crippen LogP contribution is 2.21. The van der Waals surface area contributed by atoms with Crippen molar-refractivity contribution in [2.45, 2.75) is 19.8 Å². The highest BCUT2D eigenvalue weighted by Gasteiger charge is 2.21. The molecule has 2 aliphatic rings. The van der Waals surface area contributed by atoms with Gasteiger partial charge in [0.2, 0.25) is 0 Å². The quantitative estimate of drug-likeness (QED) is 0.872. The molecule has 26 heavy (non-hydrogen) atoms. The fourth-order valence-corrected chi connectivity index (χ4v) is 3.50. The Bertz CT molecular complexity index is 562. The Morgan fingerprint density at radius 3 is 2.31 bits per heavy atom. The summed E-state index contributed by atoms with van der Waals surface area (Å²) in [6, 6.07) is 8.89. The van der Waals surface area contributed by atoms with Crippen LogP contribution < -0.4 is 10.2 Å². The van der Waals surface area contributed by atoms with Crippen LogP contribution in [0.2, 0.25) is 0 Å². The topological polar surface area (TPSA) is 48.0 Å². The number of rotatable bonds is 5. The summed E-state index contributed by atoms with van der Waals surface area (Å²) in [5.74, 6) is 0.557. The lowest BCUT2D eigenvalue weighted by Gasteiger charge is -2.36. The van der Waals surface area contributed by atoms with Crippen LogP contribution in [-0.2, 0) is 4.74 Å². The Labute approximate surface area is 157 Å². The maximum atomic E-state index is 12.4. The second kappa shape index (κ2) is 9.24. The number of benzene rings is 1. The van der Waals surface area contributed by atoms with Gasteiger partial charge in [-0.2, -0.15) is 0 Å². The summed E-state index contributed by atoms with van der Waals surface area (Å²) in [5, 5.41) is 3.06. The third-order valence-corrected chi connectivity index (χ3v) is 5.30. The number of morpholine rings is 1. The van der Waals surface area contributed by atoms with E-state index in [1.54, 1.807) is 0 Å². The molecule has 1 N–H and O–H groups in total. The number of nitrogens with zero attached hydrogens (tertiary/aromatic N) is 3. The van der Waals surface area contributed by atoms with Crippen molar-refractivity contribution < 1.29 is 9.53 Å². The van der Waals surface area contributed by atoms with Gasteiger partial charge >= 0.3 is 6.03 Å². The zero-order valence-electron chi connectivity index (χ0n) is 16.1. The van der Waals surface area contributed by atoms with E-state index >= 15 is 0 Å². The van der Waals surface area contributed by atoms with E-state index in [1.165, 1.54) is 11.3 Å². The molecule has 0 aromatic heterocycles. The predicted octanol–water partition coefficient (Wildman–Crippen LogP) is 1.97. The normalized spacial score (nSPS) is 19.0. The minimum atomic E-state index is 0.0630. The van der Waals surface area contributed by atoms with Gasteiger partial charge in [-0.25, -0.2) is 4.79 Å². The molecule has 0 spiro atoms. The maximum Gasteiger partial charge on any atom is 0.317 e. The SMILES string of the molecule is CC(C)c1ccc(N2CCN(C(=O)NCCN3CCOCC3)CC2)cc1. The van der Waals surface area contributed by atoms with Crippen LogP contribution in [0.15, 0.2) is 24.3 Å². The molecule has 2 fully saturated rings. The fourth-order valence-electron chi connectivity index (χ4n) is 3.50. The van der Waals surface area contributed by atoms with E-state index in [0.717, 1.165) is 59.0 Å². The first-order valence-electron chi connectivity index (χ1n) is 9.81. The molecule has 0 saturated carbocycles. The molecule has 1 aromatic rings. The Morgan fingerprint density at radius 2 is 1.69 bits per heavy atom. The minimum absolute atomic E-state index is 0.0630. The van der Waals surface area contributed by atoms with E-state index < -0.39 is 0 Å². The molecule has 0 bridgehead atoms. The third kappa shape index (κ3) is 5.11. The van der Waals surface area contributed by atoms with Crippen LogP contribution >= 0.6 is 0 Å². The Kier molecular flexibility index (Phi) is 6.74. The standard InChI is InChI=1S/C20H32N4O2/c1-17(2)18-3-5-19(6-4-18)23-9-11-24(12-10-23)20(25)21-7-8-22-13-15-26-16-14-22/h3-6,17H,7-16H2,1-2H3,(H,21,25). The number of carbonyl (C=O) groups is 1. The van der Waals surface area contributed by atoms with E-state index in [2.05, 4.69) is 53.2 Å². The molecule has 2 aliphatic heterocycles. The van der Waals surface area contributed by atoms with Gasteiger partial charge in [0.05, 0.1) is 13.2 Å². The average molecular weight is 361 g/mol. The van der Waals surface area contributed by atoms with Gasteiger partial charge in [0.15, 0.2) is 0 Å². The molecule has 0 aliphatic carbocycles. The molecule has 144 valence electrons. The summed E-state index contributed by atoms with van der Waals surface area (Å²) < 4.78 is 5.34. The molecule has 6 heteroatoms. The van der Waals surface area contributed by atoms with Gasteiger partial charge < -0.3 is 19.9 Å². The highest BCUT2D eigenvalue weighted by atomic mass is 16.5. The molecule has 0 atom stereocenters. The summed E-state index contributed by atoms with van der Waals surface area (Å²) in [6.07, 6.45) is 0. The van der Waals surface area contributed by atoms with Crippen LogP contribution in [0.5, 0.6) is 0 Å². The smallest absolute Gasteiger partial charge is 0.317 e. The van der Waals surface area contributed by atoms with Crippen LogP contribution in [-0.4, -0.2) is 81.4 Å². The maximum absolute atomic E-state index is 12.4. The average Bonchev–Trinajstić information content (AvgIpc) is 2.69. The first kappa shape index (κ1) is 19.0. The molecule has 0 radical (unpaired) electrons. The Balaban J connectivity index is 1.39. The number of carbonyl (C=O) groups excluding carboxylic acids is 1. The van der Waals surface area contributed by atoms with Crippen LogP contribution in [0, 0.1) is 0 Å². The van der Waals surface area contributed by atoms with Crippen molar-refractivity contribution >= 4 is 11.7 Å². The van der Waals surface area contributed by atoms with Crippen LogP contribution in [0.25, 0.3) is 0 Å². The summed E-state index contributed by atoms with van der Waals surface area (Å²) in [7, 11) is 0. The number of anilines is 1. The predicted molar refractivity (Wildman–Crippen MR) is 105 cm³/mol. The van der Waals surface area contributed by atoms with E-state index in [1.807, 2.05) is 4.90 Å². The first-order valence-corrected chi connectivity index (χ1v) is 9.81. The summed E-state index contributed by atoms with van der Waals surface area (Å²) in [6.45, 7) is 12.9. The number of hydrogen-bond acceptors (Lipinski definition) is 4. The number of hydrogen-bond donors (Lipinski definition) is 1. The van der Waals surface area contributed by atoms with Crippen molar-refractivity contribution in [3.63, 3.8) is 0 Å². The van der Waals surface area contributed by atoms with Crippen LogP contribution in [0.1, 0.15) is 25.3 Å². The highest BCUT2D eigenvalue weighted by molar-refractivity contribution is 5.74. The molecule has 6 nitrogen and oxygen atoms in total. The largest absolute Gasteiger partial charge is 0.379 e. The van der Waals surface area contributed by atoms with E-state index in [0.29, 0.717) is 12.5 Å². The number of amides is 2. The van der Waals surface area contributed by atoms with Crippen molar-refractivity contribution in [1.29, 1.82) is 0 Å². The molecule has 3 rings (SSSR count). The summed E-state index contributed by atoms with van der Waals surface area (Å²) in [4.78, 5) is 19.0. The first-order chi connectivity index (χ1) is 12.6. The lowest BCUT2D eigenvalue weighted by atomic mass is 10.0. The van der Waals surface area contributed by atoms with Gasteiger partial charge in [-0.3, -0.25) is 4.90 Å². The molecule has 0 unspecified atom stereocenters. The van der Waals surface area contributed by atoms with Gasteiger partial charge in [-0.1, -0.05) is 26.0 Å². The molecular weight excluding hydrogens is 328 g/mol. The van der Waals surface area contributed by atoms with Crippen LogP contribution in [0.4, 0.5) is 10.5 Å². The number of piperazine rings is 1. The second-order valence-electron chi connectivity index (χ2n) is 7.41. The van der Waals surface area contributed by atoms with Crippen LogP contribution in [0.3, 0.4) is 0 Å². The summed E-state index contributed by atoms with van der Waals surface area (Å²) >= 11 is 0. The monoisotopic (exact) mass is 360 g/mol. The Morgan fingerprint density at radius 1 is 1.04 bits per heavy atom. The molecule has 1 aromatic carbocycles. The molecule has 2 heterocycles. The molecule has 2 amide bonds. The van der Waals surface area contributed by atoms with Crippen molar-refractivity contribution in [2.24, 2.45) is 0 Å². The van der Waals surface area contributed by atoms with Crippen molar-refractivity contribution in [2.75, 3.05) is 70.5 Å². The lowest BCUT2D eigenvalue weighted by molar-refractivity contribution is 0.0386. The Hall–Kier alpha value is -1.79. The molecular formula is C20H32N4O2. The zero-order chi connectivity index (χ0) is 18.4. The van der Waals surface area contributed by atoms with E-state index in [4.69, 9.17) is 4.74 Å². The van der Waals surface area contributed by atoms with Gasteiger partial charge in [-0.05, 0) is 23.6 Å². The third-order valence-electron chi connectivity index (χ3n) is 5.30. The number of ether oxygens (including phenoxy) is 1. The number of nitrogens with one attached hydrogen (secondary N) is 1. The van der Waals surface area contributed by atoms with Crippen molar-refractivity contribution in [3.8, 4) is 0 Å². The van der Waals surface area contributed by atoms with E-state index in [9.17, 15) is 4.79 Å². The minimum Gasteiger partial charge on any atom is -0.379 e. The zero-order valence-corrected chi connectivity index (χ0v) is 16.1. The van der Waals surface area contributed by atoms with Gasteiger partial charge in [0.25, 0.3) is 0 Å². The van der Waals surface area contributed by atoms with Gasteiger partial charge in [-0.15, -0.1) is 0 Å². The second-order valence-corrected chi connectivity index (χ2v) is 7.41. The van der Waals surface area contributed by atoms with Crippen molar-refractivity contribution in [3.05, 3.63) is 29.8 Å². The van der Waals surface area contributed by atoms with Gasteiger partial charge in [0, 0.05) is 58.0 Å². The van der Waals surface area contributed by atoms with E-state index in [-0.39, 0.29) is 6.03 Å².